The average molecular weight is 223 g/mol. The third-order valence-electron chi connectivity index (χ3n) is 3.63. The molecule has 2 heterocycles. The van der Waals surface area contributed by atoms with Crippen LogP contribution in [0.25, 0.3) is 0 Å². The van der Waals surface area contributed by atoms with Gasteiger partial charge in [-0.3, -0.25) is 4.68 Å². The smallest absolute Gasteiger partial charge is 0.0755 e. The topological polar surface area (TPSA) is 50.1 Å². The van der Waals surface area contributed by atoms with E-state index in [1.54, 1.807) is 4.68 Å². The average Bonchev–Trinajstić information content (AvgIpc) is 2.64. The molecular weight excluding hydrogens is 202 g/mol. The number of nitrogens with one attached hydrogen (secondary N) is 1. The second-order valence-electron chi connectivity index (χ2n) is 4.82. The van der Waals surface area contributed by atoms with E-state index in [2.05, 4.69) is 17.3 Å². The molecule has 4 heteroatoms. The molecule has 0 bridgehead atoms. The molecule has 0 aromatic carbocycles. The highest BCUT2D eigenvalue weighted by Crippen LogP contribution is 2.30. The molecule has 0 amide bonds. The summed E-state index contributed by atoms with van der Waals surface area (Å²) in [6, 6.07) is 1.99. The molecule has 1 saturated heterocycles. The van der Waals surface area contributed by atoms with Gasteiger partial charge in [0.05, 0.1) is 11.3 Å². The minimum absolute atomic E-state index is 0.336. The van der Waals surface area contributed by atoms with E-state index >= 15 is 0 Å². The van der Waals surface area contributed by atoms with Crippen molar-refractivity contribution in [2.75, 3.05) is 13.1 Å². The quantitative estimate of drug-likeness (QED) is 0.793. The number of hydrogen-bond donors (Lipinski definition) is 2. The van der Waals surface area contributed by atoms with E-state index in [4.69, 9.17) is 0 Å². The molecule has 2 unspecified atom stereocenters. The van der Waals surface area contributed by atoms with Crippen LogP contribution in [0.15, 0.2) is 12.3 Å². The molecule has 0 radical (unpaired) electrons. The van der Waals surface area contributed by atoms with Crippen molar-refractivity contribution in [3.05, 3.63) is 18.0 Å². The summed E-state index contributed by atoms with van der Waals surface area (Å²) in [5, 5.41) is 18.4. The minimum atomic E-state index is -0.575. The van der Waals surface area contributed by atoms with Crippen LogP contribution in [0.5, 0.6) is 0 Å². The summed E-state index contributed by atoms with van der Waals surface area (Å²) in [5.74, 6) is 0.336. The van der Waals surface area contributed by atoms with Gasteiger partial charge in [0, 0.05) is 32.1 Å². The maximum absolute atomic E-state index is 10.7. The van der Waals surface area contributed by atoms with Crippen LogP contribution >= 0.6 is 0 Å². The summed E-state index contributed by atoms with van der Waals surface area (Å²) in [6.07, 6.45) is 4.44. The van der Waals surface area contributed by atoms with Gasteiger partial charge in [-0.1, -0.05) is 6.92 Å². The molecule has 2 atom stereocenters. The maximum Gasteiger partial charge on any atom is 0.0755 e. The van der Waals surface area contributed by atoms with E-state index in [1.165, 1.54) is 0 Å². The Kier molecular flexibility index (Phi) is 3.30. The molecule has 4 nitrogen and oxygen atoms in total. The van der Waals surface area contributed by atoms with E-state index < -0.39 is 5.60 Å². The number of rotatable bonds is 3. The first kappa shape index (κ1) is 11.6. The van der Waals surface area contributed by atoms with Crippen LogP contribution in [0.4, 0.5) is 0 Å². The van der Waals surface area contributed by atoms with Crippen LogP contribution in [-0.2, 0) is 13.5 Å². The number of aromatic nitrogens is 2. The predicted molar refractivity (Wildman–Crippen MR) is 63.1 cm³/mol. The molecule has 0 aliphatic carbocycles. The number of piperidine rings is 1. The van der Waals surface area contributed by atoms with Gasteiger partial charge in [0.15, 0.2) is 0 Å². The summed E-state index contributed by atoms with van der Waals surface area (Å²) >= 11 is 0. The first-order valence-electron chi connectivity index (χ1n) is 6.05. The van der Waals surface area contributed by atoms with Crippen molar-refractivity contribution < 1.29 is 5.11 Å². The summed E-state index contributed by atoms with van der Waals surface area (Å²) in [6.45, 7) is 3.96. The van der Waals surface area contributed by atoms with Gasteiger partial charge in [-0.05, 0) is 25.5 Å². The van der Waals surface area contributed by atoms with Crippen molar-refractivity contribution in [1.82, 2.24) is 15.1 Å². The highest BCUT2D eigenvalue weighted by atomic mass is 16.3. The van der Waals surface area contributed by atoms with Crippen LogP contribution in [0, 0.1) is 5.92 Å². The normalized spacial score (nSPS) is 30.6. The Morgan fingerprint density at radius 1 is 1.69 bits per heavy atom. The molecule has 0 saturated carbocycles. The summed E-state index contributed by atoms with van der Waals surface area (Å²) in [4.78, 5) is 0. The van der Waals surface area contributed by atoms with Crippen LogP contribution in [0.2, 0.25) is 0 Å². The Bertz CT molecular complexity index is 350. The third-order valence-corrected chi connectivity index (χ3v) is 3.63. The van der Waals surface area contributed by atoms with E-state index in [0.29, 0.717) is 12.3 Å². The molecule has 16 heavy (non-hydrogen) atoms. The number of hydrogen-bond acceptors (Lipinski definition) is 3. The highest BCUT2D eigenvalue weighted by molar-refractivity contribution is 5.06. The lowest BCUT2D eigenvalue weighted by Gasteiger charge is -2.39. The Morgan fingerprint density at radius 3 is 3.12 bits per heavy atom. The van der Waals surface area contributed by atoms with Crippen molar-refractivity contribution in [3.8, 4) is 0 Å². The monoisotopic (exact) mass is 223 g/mol. The van der Waals surface area contributed by atoms with Gasteiger partial charge in [0.1, 0.15) is 0 Å². The van der Waals surface area contributed by atoms with Crippen LogP contribution in [-0.4, -0.2) is 33.6 Å². The Hall–Kier alpha value is -0.870. The summed E-state index contributed by atoms with van der Waals surface area (Å²) in [7, 11) is 1.91. The Morgan fingerprint density at radius 2 is 2.50 bits per heavy atom. The van der Waals surface area contributed by atoms with Crippen molar-refractivity contribution in [3.63, 3.8) is 0 Å². The number of aryl methyl sites for hydroxylation is 1. The molecule has 1 aliphatic heterocycles. The van der Waals surface area contributed by atoms with Crippen LogP contribution in [0.1, 0.15) is 25.5 Å². The summed E-state index contributed by atoms with van der Waals surface area (Å²) < 4.78 is 1.79. The van der Waals surface area contributed by atoms with Crippen molar-refractivity contribution in [2.45, 2.75) is 31.8 Å². The molecule has 2 rings (SSSR count). The second kappa shape index (κ2) is 4.55. The third kappa shape index (κ3) is 2.28. The Balaban J connectivity index is 2.10. The molecule has 0 spiro atoms. The molecule has 90 valence electrons. The van der Waals surface area contributed by atoms with Gasteiger partial charge in [-0.15, -0.1) is 0 Å². The van der Waals surface area contributed by atoms with E-state index in [0.717, 1.165) is 31.6 Å². The molecule has 1 aromatic rings. The molecule has 2 N–H and O–H groups in total. The van der Waals surface area contributed by atoms with Gasteiger partial charge in [-0.25, -0.2) is 0 Å². The molecule has 1 fully saturated rings. The maximum atomic E-state index is 10.7. The van der Waals surface area contributed by atoms with Gasteiger partial charge < -0.3 is 10.4 Å². The van der Waals surface area contributed by atoms with Crippen molar-refractivity contribution in [2.24, 2.45) is 13.0 Å². The van der Waals surface area contributed by atoms with Crippen LogP contribution in [0.3, 0.4) is 0 Å². The minimum Gasteiger partial charge on any atom is -0.389 e. The Labute approximate surface area is 96.7 Å². The fraction of sp³-hybridized carbons (Fsp3) is 0.750. The van der Waals surface area contributed by atoms with Crippen molar-refractivity contribution >= 4 is 0 Å². The fourth-order valence-corrected chi connectivity index (χ4v) is 2.60. The van der Waals surface area contributed by atoms with Gasteiger partial charge in [-0.2, -0.15) is 5.10 Å². The number of aliphatic hydroxyl groups is 1. The second-order valence-corrected chi connectivity index (χ2v) is 4.82. The molecule has 1 aromatic heterocycles. The standard InChI is InChI=1S/C12H21N3O/c1-3-10-9-13-6-5-12(10,16)8-11-4-7-15(2)14-11/h4,7,10,13,16H,3,5-6,8-9H2,1-2H3. The van der Waals surface area contributed by atoms with Crippen molar-refractivity contribution in [1.29, 1.82) is 0 Å². The van der Waals surface area contributed by atoms with E-state index in [9.17, 15) is 5.11 Å². The highest BCUT2D eigenvalue weighted by Gasteiger charge is 2.38. The van der Waals surface area contributed by atoms with Gasteiger partial charge in [0.25, 0.3) is 0 Å². The van der Waals surface area contributed by atoms with E-state index in [1.807, 2.05) is 19.3 Å². The first-order valence-corrected chi connectivity index (χ1v) is 6.05. The molecular formula is C12H21N3O. The lowest BCUT2D eigenvalue weighted by atomic mass is 9.77. The van der Waals surface area contributed by atoms with Gasteiger partial charge in [0.2, 0.25) is 0 Å². The largest absolute Gasteiger partial charge is 0.389 e. The lowest BCUT2D eigenvalue weighted by molar-refractivity contribution is -0.0421. The zero-order valence-electron chi connectivity index (χ0n) is 10.1. The predicted octanol–water partition coefficient (Wildman–Crippen LogP) is 0.713. The van der Waals surface area contributed by atoms with Crippen LogP contribution < -0.4 is 5.32 Å². The summed E-state index contributed by atoms with van der Waals surface area (Å²) in [5.41, 5.74) is 0.416. The van der Waals surface area contributed by atoms with Gasteiger partial charge >= 0.3 is 0 Å². The first-order chi connectivity index (χ1) is 7.64. The SMILES string of the molecule is CCC1CNCCC1(O)Cc1ccn(C)n1. The zero-order chi connectivity index (χ0) is 11.6. The lowest BCUT2D eigenvalue weighted by Crippen LogP contribution is -2.51. The van der Waals surface area contributed by atoms with E-state index in [-0.39, 0.29) is 0 Å². The zero-order valence-corrected chi connectivity index (χ0v) is 10.1. The number of nitrogens with zero attached hydrogens (tertiary/aromatic N) is 2. The fourth-order valence-electron chi connectivity index (χ4n) is 2.60. The molecule has 1 aliphatic rings.